The van der Waals surface area contributed by atoms with E-state index in [2.05, 4.69) is 11.9 Å². The zero-order chi connectivity index (χ0) is 9.10. The van der Waals surface area contributed by atoms with Crippen LogP contribution in [-0.4, -0.2) is 35.3 Å². The van der Waals surface area contributed by atoms with Gasteiger partial charge < -0.3 is 0 Å². The molecular formula is C10H18N2S. The van der Waals surface area contributed by atoms with Gasteiger partial charge in [0.05, 0.1) is 5.71 Å². The molecule has 0 saturated carbocycles. The van der Waals surface area contributed by atoms with Crippen LogP contribution in [0.2, 0.25) is 0 Å². The topological polar surface area (TPSA) is 15.6 Å². The van der Waals surface area contributed by atoms with E-state index in [1.165, 1.54) is 43.8 Å². The van der Waals surface area contributed by atoms with Crippen molar-refractivity contribution in [3.63, 3.8) is 0 Å². The lowest BCUT2D eigenvalue weighted by Crippen LogP contribution is -2.27. The third-order valence-electron chi connectivity index (χ3n) is 2.79. The van der Waals surface area contributed by atoms with Crippen molar-refractivity contribution in [2.75, 3.05) is 24.6 Å². The zero-order valence-corrected chi connectivity index (χ0v) is 9.15. The van der Waals surface area contributed by atoms with Gasteiger partial charge in [0.2, 0.25) is 0 Å². The molecule has 2 aliphatic heterocycles. The molecule has 0 radical (unpaired) electrons. The maximum Gasteiger partial charge on any atom is 0.0515 e. The van der Waals surface area contributed by atoms with Gasteiger partial charge in [-0.15, -0.1) is 0 Å². The Kier molecular flexibility index (Phi) is 3.14. The molecule has 1 unspecified atom stereocenters. The molecule has 0 N–H and O–H groups in total. The van der Waals surface area contributed by atoms with E-state index in [-0.39, 0.29) is 0 Å². The molecule has 2 heterocycles. The number of hydrogen-bond acceptors (Lipinski definition) is 3. The first-order valence-corrected chi connectivity index (χ1v) is 6.42. The van der Waals surface area contributed by atoms with Gasteiger partial charge in [0.25, 0.3) is 0 Å². The predicted molar refractivity (Wildman–Crippen MR) is 59.3 cm³/mol. The molecule has 2 saturated heterocycles. The zero-order valence-electron chi connectivity index (χ0n) is 8.33. The summed E-state index contributed by atoms with van der Waals surface area (Å²) in [6.07, 6.45) is 4.06. The van der Waals surface area contributed by atoms with Gasteiger partial charge in [0.1, 0.15) is 0 Å². The third kappa shape index (κ3) is 2.39. The first-order chi connectivity index (χ1) is 6.36. The van der Waals surface area contributed by atoms with Crippen LogP contribution in [-0.2, 0) is 0 Å². The van der Waals surface area contributed by atoms with Crippen molar-refractivity contribution >= 4 is 17.5 Å². The minimum Gasteiger partial charge on any atom is -0.297 e. The van der Waals surface area contributed by atoms with Crippen LogP contribution < -0.4 is 0 Å². The lowest BCUT2D eigenvalue weighted by Gasteiger charge is -2.24. The minimum absolute atomic E-state index is 0.715. The number of hydrogen-bond donors (Lipinski definition) is 0. The molecule has 1 atom stereocenters. The van der Waals surface area contributed by atoms with Crippen LogP contribution >= 0.6 is 11.8 Å². The Balaban J connectivity index is 1.93. The minimum atomic E-state index is 0.715. The molecule has 3 heteroatoms. The number of nitrogens with zero attached hydrogens (tertiary/aromatic N) is 2. The van der Waals surface area contributed by atoms with Crippen molar-refractivity contribution < 1.29 is 0 Å². The van der Waals surface area contributed by atoms with Gasteiger partial charge in [0, 0.05) is 30.5 Å². The maximum atomic E-state index is 4.75. The average molecular weight is 198 g/mol. The Morgan fingerprint density at radius 1 is 1.31 bits per heavy atom. The fraction of sp³-hybridized carbons (Fsp3) is 0.900. The van der Waals surface area contributed by atoms with Crippen LogP contribution in [0, 0.1) is 5.92 Å². The molecule has 0 aromatic rings. The summed E-state index contributed by atoms with van der Waals surface area (Å²) in [4.78, 5) is 0. The van der Waals surface area contributed by atoms with Crippen molar-refractivity contribution in [2.45, 2.75) is 26.2 Å². The van der Waals surface area contributed by atoms with Crippen LogP contribution in [0.5, 0.6) is 0 Å². The van der Waals surface area contributed by atoms with Crippen molar-refractivity contribution in [1.82, 2.24) is 5.01 Å². The molecule has 13 heavy (non-hydrogen) atoms. The molecule has 74 valence electrons. The van der Waals surface area contributed by atoms with E-state index < -0.39 is 0 Å². The SMILES string of the molecule is CC1CSC/C1=N/N1CCCCC1. The average Bonchev–Trinajstić information content (AvgIpc) is 2.54. The third-order valence-corrected chi connectivity index (χ3v) is 4.02. The molecule has 2 aliphatic rings. The highest BCUT2D eigenvalue weighted by Crippen LogP contribution is 2.22. The van der Waals surface area contributed by atoms with Gasteiger partial charge >= 0.3 is 0 Å². The summed E-state index contributed by atoms with van der Waals surface area (Å²) in [7, 11) is 0. The quantitative estimate of drug-likeness (QED) is 0.642. The summed E-state index contributed by atoms with van der Waals surface area (Å²) in [6, 6.07) is 0. The van der Waals surface area contributed by atoms with Crippen LogP contribution in [0.1, 0.15) is 26.2 Å². The van der Waals surface area contributed by atoms with Crippen LogP contribution in [0.3, 0.4) is 0 Å². The number of thioether (sulfide) groups is 1. The second kappa shape index (κ2) is 4.36. The fourth-order valence-electron chi connectivity index (χ4n) is 1.87. The number of rotatable bonds is 1. The van der Waals surface area contributed by atoms with E-state index in [1.54, 1.807) is 0 Å². The highest BCUT2D eigenvalue weighted by molar-refractivity contribution is 8.00. The van der Waals surface area contributed by atoms with Gasteiger partial charge in [-0.2, -0.15) is 16.9 Å². The Hall–Kier alpha value is -0.180. The highest BCUT2D eigenvalue weighted by atomic mass is 32.2. The molecular weight excluding hydrogens is 180 g/mol. The lowest BCUT2D eigenvalue weighted by molar-refractivity contribution is 0.238. The predicted octanol–water partition coefficient (Wildman–Crippen LogP) is 2.21. The maximum absolute atomic E-state index is 4.75. The lowest BCUT2D eigenvalue weighted by atomic mass is 10.1. The smallest absolute Gasteiger partial charge is 0.0515 e. The molecule has 0 aromatic heterocycles. The van der Waals surface area contributed by atoms with E-state index in [0.717, 1.165) is 5.75 Å². The Morgan fingerprint density at radius 3 is 2.69 bits per heavy atom. The molecule has 0 bridgehead atoms. The van der Waals surface area contributed by atoms with Crippen LogP contribution in [0.25, 0.3) is 0 Å². The second-order valence-corrected chi connectivity index (χ2v) is 5.05. The first kappa shape index (κ1) is 9.38. The largest absolute Gasteiger partial charge is 0.297 e. The Morgan fingerprint density at radius 2 is 2.08 bits per heavy atom. The van der Waals surface area contributed by atoms with Gasteiger partial charge in [0.15, 0.2) is 0 Å². The van der Waals surface area contributed by atoms with Crippen LogP contribution in [0.15, 0.2) is 5.10 Å². The molecule has 2 nitrogen and oxygen atoms in total. The van der Waals surface area contributed by atoms with Crippen molar-refractivity contribution in [3.8, 4) is 0 Å². The van der Waals surface area contributed by atoms with Gasteiger partial charge in [-0.05, 0) is 19.3 Å². The normalized spacial score (nSPS) is 32.8. The fourth-order valence-corrected chi connectivity index (χ4v) is 3.08. The summed E-state index contributed by atoms with van der Waals surface area (Å²) in [5.41, 5.74) is 1.42. The highest BCUT2D eigenvalue weighted by Gasteiger charge is 2.19. The second-order valence-electron chi connectivity index (χ2n) is 4.02. The Labute approximate surface area is 84.8 Å². The summed E-state index contributed by atoms with van der Waals surface area (Å²) in [6.45, 7) is 4.66. The standard InChI is InChI=1S/C10H18N2S/c1-9-7-13-8-10(9)11-12-5-3-2-4-6-12/h9H,2-8H2,1H3/b11-10-. The van der Waals surface area contributed by atoms with Crippen molar-refractivity contribution in [2.24, 2.45) is 11.0 Å². The Bertz CT molecular complexity index is 197. The molecule has 0 aromatic carbocycles. The molecule has 2 fully saturated rings. The summed E-state index contributed by atoms with van der Waals surface area (Å²) >= 11 is 2.02. The van der Waals surface area contributed by atoms with E-state index in [0.29, 0.717) is 5.92 Å². The number of hydrazone groups is 1. The summed E-state index contributed by atoms with van der Waals surface area (Å²) in [5.74, 6) is 3.15. The molecule has 0 spiro atoms. The van der Waals surface area contributed by atoms with E-state index in [1.807, 2.05) is 11.8 Å². The van der Waals surface area contributed by atoms with Crippen LogP contribution in [0.4, 0.5) is 0 Å². The van der Waals surface area contributed by atoms with E-state index >= 15 is 0 Å². The molecule has 0 amide bonds. The van der Waals surface area contributed by atoms with Gasteiger partial charge in [-0.1, -0.05) is 6.92 Å². The van der Waals surface area contributed by atoms with Crippen molar-refractivity contribution in [3.05, 3.63) is 0 Å². The molecule has 0 aliphatic carbocycles. The molecule has 2 rings (SSSR count). The summed E-state index contributed by atoms with van der Waals surface area (Å²) in [5, 5.41) is 7.02. The van der Waals surface area contributed by atoms with Crippen molar-refractivity contribution in [1.29, 1.82) is 0 Å². The van der Waals surface area contributed by atoms with E-state index in [9.17, 15) is 0 Å². The monoisotopic (exact) mass is 198 g/mol. The number of piperidine rings is 1. The first-order valence-electron chi connectivity index (χ1n) is 5.26. The summed E-state index contributed by atoms with van der Waals surface area (Å²) < 4.78 is 0. The van der Waals surface area contributed by atoms with Gasteiger partial charge in [-0.3, -0.25) is 5.01 Å². The van der Waals surface area contributed by atoms with E-state index in [4.69, 9.17) is 5.10 Å². The van der Waals surface area contributed by atoms with Gasteiger partial charge in [-0.25, -0.2) is 0 Å².